The Bertz CT molecular complexity index is 660. The lowest BCUT2D eigenvalue weighted by Gasteiger charge is -2.13. The molecule has 0 saturated carbocycles. The van der Waals surface area contributed by atoms with E-state index in [-0.39, 0.29) is 18.4 Å². The molecule has 5 heteroatoms. The molecule has 0 heterocycles. The van der Waals surface area contributed by atoms with E-state index < -0.39 is 5.92 Å². The first-order valence-corrected chi connectivity index (χ1v) is 7.23. The number of nitrogens with two attached hydrogens (primary N) is 1. The first-order chi connectivity index (χ1) is 9.99. The second-order valence-electron chi connectivity index (χ2n) is 4.71. The second kappa shape index (κ2) is 6.72. The maximum Gasteiger partial charge on any atom is 0.313 e. The topological polar surface area (TPSA) is 52.3 Å². The molecule has 110 valence electrons. The fourth-order valence-electron chi connectivity index (χ4n) is 1.90. The summed E-state index contributed by atoms with van der Waals surface area (Å²) in [6.45, 7) is 1.77. The van der Waals surface area contributed by atoms with Crippen molar-refractivity contribution in [2.75, 3.05) is 5.73 Å². The number of carbonyl (C=O) groups excluding carboxylic acids is 1. The number of ether oxygens (including phenoxy) is 1. The zero-order valence-corrected chi connectivity index (χ0v) is 13.1. The Labute approximate surface area is 131 Å². The summed E-state index contributed by atoms with van der Waals surface area (Å²) in [7, 11) is 0. The van der Waals surface area contributed by atoms with Crippen molar-refractivity contribution >= 4 is 27.6 Å². The summed E-state index contributed by atoms with van der Waals surface area (Å²) in [5.74, 6) is -1.19. The third-order valence-corrected chi connectivity index (χ3v) is 4.05. The molecule has 21 heavy (non-hydrogen) atoms. The van der Waals surface area contributed by atoms with Gasteiger partial charge in [-0.15, -0.1) is 0 Å². The zero-order valence-electron chi connectivity index (χ0n) is 11.5. The van der Waals surface area contributed by atoms with Gasteiger partial charge in [-0.05, 0) is 46.6 Å². The van der Waals surface area contributed by atoms with Crippen LogP contribution in [0.2, 0.25) is 0 Å². The number of halogens is 2. The van der Waals surface area contributed by atoms with Crippen LogP contribution in [0.3, 0.4) is 0 Å². The molecule has 0 aliphatic carbocycles. The quantitative estimate of drug-likeness (QED) is 0.668. The highest BCUT2D eigenvalue weighted by atomic mass is 79.9. The third kappa shape index (κ3) is 3.82. The number of hydrogen-bond acceptors (Lipinski definition) is 3. The Morgan fingerprint density at radius 2 is 2.05 bits per heavy atom. The van der Waals surface area contributed by atoms with Gasteiger partial charge in [-0.1, -0.05) is 24.3 Å². The van der Waals surface area contributed by atoms with Crippen molar-refractivity contribution in [1.82, 2.24) is 0 Å². The van der Waals surface area contributed by atoms with Gasteiger partial charge in [0, 0.05) is 11.3 Å². The van der Waals surface area contributed by atoms with Crippen molar-refractivity contribution in [1.29, 1.82) is 0 Å². The smallest absolute Gasteiger partial charge is 0.313 e. The van der Waals surface area contributed by atoms with Gasteiger partial charge >= 0.3 is 5.97 Å². The Balaban J connectivity index is 2.03. The van der Waals surface area contributed by atoms with E-state index in [0.29, 0.717) is 15.7 Å². The lowest BCUT2D eigenvalue weighted by molar-refractivity contribution is -0.146. The van der Waals surface area contributed by atoms with Crippen molar-refractivity contribution in [3.63, 3.8) is 0 Å². The summed E-state index contributed by atoms with van der Waals surface area (Å²) in [4.78, 5) is 12.1. The lowest BCUT2D eigenvalue weighted by Crippen LogP contribution is -2.13. The zero-order chi connectivity index (χ0) is 15.4. The van der Waals surface area contributed by atoms with Gasteiger partial charge in [0.1, 0.15) is 12.4 Å². The molecule has 3 nitrogen and oxygen atoms in total. The highest BCUT2D eigenvalue weighted by Crippen LogP contribution is 2.23. The van der Waals surface area contributed by atoms with Crippen LogP contribution >= 0.6 is 15.9 Å². The molecule has 2 rings (SSSR count). The number of benzene rings is 2. The van der Waals surface area contributed by atoms with E-state index in [2.05, 4.69) is 15.9 Å². The van der Waals surface area contributed by atoms with Gasteiger partial charge in [0.05, 0.1) is 10.4 Å². The molecule has 0 amide bonds. The summed E-state index contributed by atoms with van der Waals surface area (Å²) in [5.41, 5.74) is 7.67. The van der Waals surface area contributed by atoms with Crippen molar-refractivity contribution < 1.29 is 13.9 Å². The Morgan fingerprint density at radius 3 is 2.76 bits per heavy atom. The minimum absolute atomic E-state index is 0.0177. The molecule has 0 radical (unpaired) electrons. The molecule has 0 spiro atoms. The minimum Gasteiger partial charge on any atom is -0.460 e. The van der Waals surface area contributed by atoms with Crippen molar-refractivity contribution in [2.24, 2.45) is 0 Å². The number of carbonyl (C=O) groups is 1. The number of anilines is 1. The molecule has 0 aliphatic rings. The highest BCUT2D eigenvalue weighted by molar-refractivity contribution is 9.10. The predicted molar refractivity (Wildman–Crippen MR) is 83.2 cm³/mol. The average molecular weight is 352 g/mol. The molecule has 1 unspecified atom stereocenters. The third-order valence-electron chi connectivity index (χ3n) is 3.17. The van der Waals surface area contributed by atoms with E-state index in [1.807, 2.05) is 6.07 Å². The van der Waals surface area contributed by atoms with Crippen LogP contribution in [0.15, 0.2) is 46.9 Å². The van der Waals surface area contributed by atoms with Gasteiger partial charge < -0.3 is 10.5 Å². The van der Waals surface area contributed by atoms with Crippen molar-refractivity contribution in [2.45, 2.75) is 19.4 Å². The summed E-state index contributed by atoms with van der Waals surface area (Å²) >= 11 is 3.14. The van der Waals surface area contributed by atoms with Crippen LogP contribution in [-0.4, -0.2) is 5.97 Å². The molecule has 2 N–H and O–H groups in total. The normalized spacial score (nSPS) is 12.0. The summed E-state index contributed by atoms with van der Waals surface area (Å²) in [5, 5.41) is 0. The Morgan fingerprint density at radius 1 is 1.33 bits per heavy atom. The Kier molecular flexibility index (Phi) is 4.96. The maximum absolute atomic E-state index is 13.4. The molecule has 0 aliphatic heterocycles. The van der Waals surface area contributed by atoms with Crippen LogP contribution in [0.4, 0.5) is 10.1 Å². The standard InChI is InChI=1S/C16H15BrFNO2/c1-10(11-4-2-6-13(19)8-11)16(20)21-9-12-5-3-7-14(18)15(12)17/h2-8,10H,9,19H2,1H3. The monoisotopic (exact) mass is 351 g/mol. The van der Waals surface area contributed by atoms with Crippen molar-refractivity contribution in [3.05, 3.63) is 63.9 Å². The van der Waals surface area contributed by atoms with E-state index in [0.717, 1.165) is 5.56 Å². The van der Waals surface area contributed by atoms with E-state index in [4.69, 9.17) is 10.5 Å². The first kappa shape index (κ1) is 15.5. The van der Waals surface area contributed by atoms with Crippen LogP contribution in [0.25, 0.3) is 0 Å². The molecular formula is C16H15BrFNO2. The molecule has 2 aromatic carbocycles. The number of nitrogen functional groups attached to an aromatic ring is 1. The van der Waals surface area contributed by atoms with Crippen molar-refractivity contribution in [3.8, 4) is 0 Å². The summed E-state index contributed by atoms with van der Waals surface area (Å²) in [6, 6.07) is 11.7. The number of rotatable bonds is 4. The van der Waals surface area contributed by atoms with E-state index >= 15 is 0 Å². The average Bonchev–Trinajstić information content (AvgIpc) is 2.47. The van der Waals surface area contributed by atoms with E-state index in [1.54, 1.807) is 37.3 Å². The van der Waals surface area contributed by atoms with Crippen LogP contribution < -0.4 is 5.73 Å². The van der Waals surface area contributed by atoms with E-state index in [1.165, 1.54) is 6.07 Å². The van der Waals surface area contributed by atoms with Crippen LogP contribution in [0.5, 0.6) is 0 Å². The molecule has 0 saturated heterocycles. The van der Waals surface area contributed by atoms with Gasteiger partial charge in [0.2, 0.25) is 0 Å². The largest absolute Gasteiger partial charge is 0.460 e. The van der Waals surface area contributed by atoms with Gasteiger partial charge in [-0.25, -0.2) is 4.39 Å². The molecule has 1 atom stereocenters. The second-order valence-corrected chi connectivity index (χ2v) is 5.51. The van der Waals surface area contributed by atoms with Crippen LogP contribution in [0, 0.1) is 5.82 Å². The predicted octanol–water partition coefficient (Wildman–Crippen LogP) is 4.02. The fourth-order valence-corrected chi connectivity index (χ4v) is 2.28. The molecule has 2 aromatic rings. The Hall–Kier alpha value is -1.88. The SMILES string of the molecule is CC(C(=O)OCc1cccc(F)c1Br)c1cccc(N)c1. The minimum atomic E-state index is -0.430. The van der Waals surface area contributed by atoms with Gasteiger partial charge in [0.15, 0.2) is 0 Å². The molecule has 0 aromatic heterocycles. The molecule has 0 bridgehead atoms. The number of hydrogen-bond donors (Lipinski definition) is 1. The molecular weight excluding hydrogens is 337 g/mol. The number of esters is 1. The first-order valence-electron chi connectivity index (χ1n) is 6.44. The highest BCUT2D eigenvalue weighted by Gasteiger charge is 2.17. The summed E-state index contributed by atoms with van der Waals surface area (Å²) in [6.07, 6.45) is 0. The fraction of sp³-hybridized carbons (Fsp3) is 0.188. The van der Waals surface area contributed by atoms with E-state index in [9.17, 15) is 9.18 Å². The maximum atomic E-state index is 13.4. The van der Waals surface area contributed by atoms with Crippen LogP contribution in [-0.2, 0) is 16.1 Å². The lowest BCUT2D eigenvalue weighted by atomic mass is 10.0. The summed E-state index contributed by atoms with van der Waals surface area (Å²) < 4.78 is 18.9. The van der Waals surface area contributed by atoms with Gasteiger partial charge in [-0.3, -0.25) is 4.79 Å². The molecule has 0 fully saturated rings. The van der Waals surface area contributed by atoms with Gasteiger partial charge in [0.25, 0.3) is 0 Å². The van der Waals surface area contributed by atoms with Crippen LogP contribution in [0.1, 0.15) is 24.0 Å². The van der Waals surface area contributed by atoms with Gasteiger partial charge in [-0.2, -0.15) is 0 Å².